The maximum absolute atomic E-state index is 14.2. The molecule has 39 heteroatoms. The molecule has 9 rings (SSSR count). The summed E-state index contributed by atoms with van der Waals surface area (Å²) in [6, 6.07) is 8.68. The number of hydrogen-bond donors (Lipinski definition) is 8. The molecule has 121 heavy (non-hydrogen) atoms. The largest absolute Gasteiger partial charge is 0.534 e. The molecule has 3 saturated heterocycles. The maximum Gasteiger partial charge on any atom is 0.534 e. The van der Waals surface area contributed by atoms with Gasteiger partial charge < -0.3 is 72.0 Å². The van der Waals surface area contributed by atoms with Crippen molar-refractivity contribution in [2.45, 2.75) is 235 Å². The Balaban J connectivity index is -0.00000193. The van der Waals surface area contributed by atoms with Gasteiger partial charge in [-0.25, -0.2) is 9.59 Å². The molecule has 12 atom stereocenters. The topological polar surface area (TPSA) is 427 Å². The van der Waals surface area contributed by atoms with Gasteiger partial charge in [0.15, 0.2) is 0 Å². The van der Waals surface area contributed by atoms with E-state index >= 15 is 0 Å². The van der Waals surface area contributed by atoms with Crippen LogP contribution in [0, 0.1) is 57.2 Å². The Kier molecular flexibility index (Phi) is 34.1. The molecule has 4 aliphatic carbocycles. The third-order valence-corrected chi connectivity index (χ3v) is 22.6. The van der Waals surface area contributed by atoms with Crippen LogP contribution in [-0.4, -0.2) is 234 Å². The number of likely N-dealkylation sites (tertiary alicyclic amines) is 2. The Hall–Kier alpha value is -10.0. The molecule has 2 aromatic rings. The molecule has 688 valence electrons. The molecule has 3 heterocycles. The Morgan fingerprint density at radius 1 is 0.521 bits per heavy atom. The lowest BCUT2D eigenvalue weighted by atomic mass is 9.85. The van der Waals surface area contributed by atoms with Gasteiger partial charge >= 0.3 is 24.6 Å². The van der Waals surface area contributed by atoms with Crippen LogP contribution in [-0.2, 0) is 81.4 Å². The minimum atomic E-state index is -4.88. The number of Topliss-reactive ketones (excluding diaryl/α,β-unsaturated/α-hetero) is 2. The zero-order chi connectivity index (χ0) is 89.0. The first-order valence-electron chi connectivity index (χ1n) is 38.9. The SMILES string of the molecule is C.C.CC(C)(OC(=O)ON1C(=O)CCC1=O)C(F)(F)F.CN(C)C(=O)[C@@H](NC(=O)CNC(=O)C(=O)C(CC1CC1)NC(=O)C1[C@@H]2[C@H](CN1C(=O)[C@@H](N)C(C)(C)C)C2(C)C)c1ccccc1.CN(C)C(=O)[C@@H](NC(=O)CNC(=O)C(=O)C(CC1CC1)NC(=O)C1[C@@H]2[C@H](CN1C(=O)[C@@H](NC(=O)OC(C)(C)C(F)(F)F)C(C)(C)C)C2(C)C)c1ccccc1.Cl.[HH].[HH].[HH].[HH].[HH].[HH]. The number of alkyl halides is 6. The lowest BCUT2D eigenvalue weighted by molar-refractivity contribution is -0.256. The molecular formula is C82H132ClF6N13O19. The second-order valence-electron chi connectivity index (χ2n) is 35.9. The van der Waals surface area contributed by atoms with Crippen LogP contribution in [0.2, 0.25) is 0 Å². The van der Waals surface area contributed by atoms with Crippen molar-refractivity contribution in [3.63, 3.8) is 0 Å². The normalized spacial score (nSPS) is 21.2. The minimum Gasteiger partial charge on any atom is -0.434 e. The van der Waals surface area contributed by atoms with Crippen LogP contribution in [0.3, 0.4) is 0 Å². The van der Waals surface area contributed by atoms with E-state index in [1.165, 1.54) is 28.8 Å². The molecule has 7 fully saturated rings. The van der Waals surface area contributed by atoms with E-state index in [1.807, 2.05) is 34.6 Å². The van der Waals surface area contributed by atoms with Crippen molar-refractivity contribution in [2.24, 2.45) is 62.9 Å². The molecule has 13 amide bonds. The predicted octanol–water partition coefficient (Wildman–Crippen LogP) is 8.34. The standard InChI is InChI=1S/C38H53F3N6O8.C33H48N6O6.C9H10F3NO5.2CH4.ClH.6H2/c1-35(2,3)29(45-34(54)55-37(6,7)38(39,40)41)33(53)47-19-22-25(36(22,4)5)27(47)30(50)43-23(17-20-15-16-20)28(49)31(51)42-18-24(48)44-26(32(52)46(8)9)21-13-11-10-12-14-21;1-32(2,3)27(34)31(45)39-17-20-23(33(20,4)5)25(39)28(42)36-21(15-18-13-14-18)26(41)29(43)35-16-22(40)37-24(30(44)38(6)7)19-11-9-8-10-12-19;1-8(2,9(10,11)12)17-7(16)18-13-5(14)3-4-6(13)15;;;;;;;;;/h10-14,20,22-23,25-27,29H,15-19H2,1-9H3,(H,42,51)(H,43,50)(H,44,48)(H,45,54);8-12,18,20-21,23-25,27H,13-17,34H2,1-7H3,(H,35,43)(H,36,42)(H,37,40);3-4H2,1-2H3;2*1H4;7*1H/t22-,23?,25-,26-,27?,29+;20-,21?,23-,24-,25?,27+;;;;;;;;;;/m00........../s1. The number of imide groups is 1. The molecule has 4 unspecified atom stereocenters. The molecule has 0 bridgehead atoms. The number of hydroxylamine groups is 2. The summed E-state index contributed by atoms with van der Waals surface area (Å²) in [5, 5.41) is 17.8. The van der Waals surface area contributed by atoms with Gasteiger partial charge in [0.25, 0.3) is 23.6 Å². The number of nitrogens with zero attached hydrogens (tertiary/aromatic N) is 5. The van der Waals surface area contributed by atoms with Crippen molar-refractivity contribution in [3.8, 4) is 0 Å². The first-order chi connectivity index (χ1) is 54.3. The van der Waals surface area contributed by atoms with Gasteiger partial charge in [-0.2, -0.15) is 26.3 Å². The number of nitrogens with one attached hydrogen (secondary N) is 7. The Morgan fingerprint density at radius 2 is 0.868 bits per heavy atom. The summed E-state index contributed by atoms with van der Waals surface area (Å²) in [7, 11) is 6.21. The van der Waals surface area contributed by atoms with E-state index in [0.29, 0.717) is 45.4 Å². The number of fused-ring (bicyclic) bond motifs is 2. The number of carbonyl (C=O) groups excluding carboxylic acids is 16. The third-order valence-electron chi connectivity index (χ3n) is 22.6. The van der Waals surface area contributed by atoms with Crippen molar-refractivity contribution >= 4 is 107 Å². The van der Waals surface area contributed by atoms with Gasteiger partial charge in [-0.1, -0.05) is 176 Å². The van der Waals surface area contributed by atoms with E-state index < -0.39 is 179 Å². The van der Waals surface area contributed by atoms with Gasteiger partial charge in [0.1, 0.15) is 30.2 Å². The van der Waals surface area contributed by atoms with Crippen LogP contribution in [0.4, 0.5) is 35.9 Å². The first-order valence-corrected chi connectivity index (χ1v) is 38.9. The average Bonchev–Trinajstić information content (AvgIpc) is 1.53. The highest BCUT2D eigenvalue weighted by atomic mass is 35.5. The highest BCUT2D eigenvalue weighted by molar-refractivity contribution is 6.39. The number of likely N-dealkylation sites (N-methyl/N-ethyl adjacent to an activating group) is 2. The maximum atomic E-state index is 14.2. The fraction of sp³-hybridized carbons (Fsp3) is 0.659. The van der Waals surface area contributed by atoms with Crippen LogP contribution >= 0.6 is 12.4 Å². The second-order valence-corrected chi connectivity index (χ2v) is 35.9. The van der Waals surface area contributed by atoms with Gasteiger partial charge in [0, 0.05) is 62.7 Å². The number of piperidine rings is 2. The minimum absolute atomic E-state index is 0. The fourth-order valence-electron chi connectivity index (χ4n) is 14.4. The van der Waals surface area contributed by atoms with Crippen LogP contribution < -0.4 is 43.0 Å². The molecule has 0 radical (unpaired) electrons. The van der Waals surface area contributed by atoms with E-state index in [1.54, 1.807) is 100 Å². The van der Waals surface area contributed by atoms with E-state index in [4.69, 9.17) is 5.73 Å². The Labute approximate surface area is 716 Å². The molecular weight excluding hydrogens is 1620 g/mol. The van der Waals surface area contributed by atoms with E-state index in [2.05, 4.69) is 65.4 Å². The zero-order valence-electron chi connectivity index (χ0n) is 70.1. The van der Waals surface area contributed by atoms with Crippen LogP contribution in [0.15, 0.2) is 60.7 Å². The summed E-state index contributed by atoms with van der Waals surface area (Å²) < 4.78 is 86.2. The van der Waals surface area contributed by atoms with Gasteiger partial charge in [-0.3, -0.25) is 72.0 Å². The number of halogens is 7. The van der Waals surface area contributed by atoms with E-state index in [-0.39, 0.29) is 131 Å². The fourth-order valence-corrected chi connectivity index (χ4v) is 14.4. The summed E-state index contributed by atoms with van der Waals surface area (Å²) in [5.74, 6) is -10.1. The molecule has 32 nitrogen and oxygen atoms in total. The third kappa shape index (κ3) is 25.8. The predicted molar refractivity (Wildman–Crippen MR) is 442 cm³/mol. The molecule has 9 N–H and O–H groups in total. The Morgan fingerprint density at radius 3 is 1.19 bits per heavy atom. The van der Waals surface area contributed by atoms with E-state index in [0.717, 1.165) is 25.7 Å². The molecule has 0 aromatic heterocycles. The number of nitrogens with two attached hydrogens (primary N) is 1. The smallest absolute Gasteiger partial charge is 0.434 e. The number of rotatable bonds is 28. The number of carbonyl (C=O) groups is 16. The number of ketones is 2. The number of alkyl carbamates (subject to hydrolysis) is 1. The molecule has 7 aliphatic rings. The zero-order valence-corrected chi connectivity index (χ0v) is 70.9. The summed E-state index contributed by atoms with van der Waals surface area (Å²) in [4.78, 5) is 215. The van der Waals surface area contributed by atoms with Crippen molar-refractivity contribution in [1.82, 2.24) is 61.9 Å². The van der Waals surface area contributed by atoms with Crippen molar-refractivity contribution in [1.29, 1.82) is 0 Å². The first kappa shape index (κ1) is 103. The number of hydrogen-bond acceptors (Lipinski definition) is 20. The molecule has 4 saturated carbocycles. The van der Waals surface area contributed by atoms with Gasteiger partial charge in [0.2, 0.25) is 70.0 Å². The number of ether oxygens (including phenoxy) is 2. The lowest BCUT2D eigenvalue weighted by Gasteiger charge is -2.38. The monoisotopic (exact) mass is 1750 g/mol. The van der Waals surface area contributed by atoms with Crippen molar-refractivity contribution in [3.05, 3.63) is 71.8 Å². The van der Waals surface area contributed by atoms with Crippen molar-refractivity contribution < 1.29 is 126 Å². The van der Waals surface area contributed by atoms with Crippen LogP contribution in [0.1, 0.15) is 195 Å². The van der Waals surface area contributed by atoms with Gasteiger partial charge in [-0.05, 0) is 109 Å². The van der Waals surface area contributed by atoms with Crippen LogP contribution in [0.25, 0.3) is 0 Å². The van der Waals surface area contributed by atoms with Gasteiger partial charge in [0.05, 0.1) is 31.2 Å². The van der Waals surface area contributed by atoms with Crippen LogP contribution in [0.5, 0.6) is 0 Å². The Bertz CT molecular complexity index is 4180. The number of amides is 13. The van der Waals surface area contributed by atoms with Crippen molar-refractivity contribution in [2.75, 3.05) is 54.4 Å². The lowest BCUT2D eigenvalue weighted by Crippen LogP contribution is -2.61. The summed E-state index contributed by atoms with van der Waals surface area (Å²) in [6.07, 6.45) is -9.47. The second kappa shape index (κ2) is 39.9. The quantitative estimate of drug-likeness (QED) is 0.0172. The summed E-state index contributed by atoms with van der Waals surface area (Å²) in [5.41, 5.74) is -0.294. The highest BCUT2D eigenvalue weighted by Gasteiger charge is 2.71. The summed E-state index contributed by atoms with van der Waals surface area (Å²) >= 11 is 0. The highest BCUT2D eigenvalue weighted by Crippen LogP contribution is 2.66. The van der Waals surface area contributed by atoms with Gasteiger partial charge in [-0.15, -0.1) is 12.4 Å². The molecule has 2 aromatic carbocycles. The summed E-state index contributed by atoms with van der Waals surface area (Å²) in [6.45, 7) is 20.4. The molecule has 0 spiro atoms. The average molecular weight is 1750 g/mol. The molecule has 3 aliphatic heterocycles. The number of benzene rings is 2. The van der Waals surface area contributed by atoms with E-state index in [9.17, 15) is 103 Å².